The van der Waals surface area contributed by atoms with Gasteiger partial charge in [-0.3, -0.25) is 19.3 Å². The van der Waals surface area contributed by atoms with Crippen molar-refractivity contribution < 1.29 is 14.4 Å². The molecule has 104 valence electrons. The maximum absolute atomic E-state index is 12.4. The minimum absolute atomic E-state index is 0.228. The Bertz CT molecular complexity index is 584. The second-order valence-electron chi connectivity index (χ2n) is 5.23. The van der Waals surface area contributed by atoms with Gasteiger partial charge >= 0.3 is 0 Å². The molecule has 0 spiro atoms. The molecule has 2 aliphatic rings. The Morgan fingerprint density at radius 2 is 1.65 bits per heavy atom. The molecule has 20 heavy (non-hydrogen) atoms. The van der Waals surface area contributed by atoms with E-state index in [1.54, 1.807) is 14.0 Å². The number of hydrogen-bond acceptors (Lipinski definition) is 3. The van der Waals surface area contributed by atoms with Crippen molar-refractivity contribution in [1.29, 1.82) is 0 Å². The van der Waals surface area contributed by atoms with E-state index in [4.69, 9.17) is 0 Å². The third-order valence-electron chi connectivity index (χ3n) is 4.27. The number of hydrogen-bond donors (Lipinski definition) is 0. The van der Waals surface area contributed by atoms with Crippen molar-refractivity contribution in [2.24, 2.45) is 11.8 Å². The summed E-state index contributed by atoms with van der Waals surface area (Å²) >= 11 is 0. The smallest absolute Gasteiger partial charge is 0.242 e. The summed E-state index contributed by atoms with van der Waals surface area (Å²) in [7, 11) is 1.66. The van der Waals surface area contributed by atoms with Gasteiger partial charge in [-0.1, -0.05) is 30.3 Å². The number of amides is 3. The molecule has 2 heterocycles. The summed E-state index contributed by atoms with van der Waals surface area (Å²) in [4.78, 5) is 39.7. The van der Waals surface area contributed by atoms with E-state index in [1.807, 2.05) is 30.3 Å². The van der Waals surface area contributed by atoms with Crippen molar-refractivity contribution in [2.45, 2.75) is 13.0 Å². The molecule has 2 saturated heterocycles. The standard InChI is InChI=1S/C15H16N2O3/c1-3-17-14(19)10-11(15(17)20)13(18)16(2)12(10)9-7-5-4-6-8-9/h4-8,10-12H,3H2,1-2H3/t10-,11+,12+/m0/s1. The number of carbonyl (C=O) groups excluding carboxylic acids is 3. The second kappa shape index (κ2) is 4.44. The third kappa shape index (κ3) is 1.52. The molecule has 0 bridgehead atoms. The van der Waals surface area contributed by atoms with Crippen molar-refractivity contribution in [2.75, 3.05) is 13.6 Å². The Labute approximate surface area is 117 Å². The number of carbonyl (C=O) groups is 3. The predicted octanol–water partition coefficient (Wildman–Crippen LogP) is 0.821. The maximum atomic E-state index is 12.4. The van der Waals surface area contributed by atoms with Crippen molar-refractivity contribution in [1.82, 2.24) is 9.80 Å². The molecule has 5 nitrogen and oxygen atoms in total. The molecule has 0 aromatic heterocycles. The lowest BCUT2D eigenvalue weighted by Crippen LogP contribution is -2.37. The van der Waals surface area contributed by atoms with E-state index in [-0.39, 0.29) is 23.8 Å². The molecule has 5 heteroatoms. The van der Waals surface area contributed by atoms with Crippen molar-refractivity contribution in [3.8, 4) is 0 Å². The number of imide groups is 1. The molecule has 0 unspecified atom stereocenters. The first kappa shape index (κ1) is 12.8. The molecule has 3 amide bonds. The van der Waals surface area contributed by atoms with Crippen LogP contribution in [0.4, 0.5) is 0 Å². The Hall–Kier alpha value is -2.17. The fourth-order valence-corrected chi connectivity index (χ4v) is 3.32. The van der Waals surface area contributed by atoms with E-state index < -0.39 is 11.8 Å². The molecule has 0 radical (unpaired) electrons. The number of nitrogens with zero attached hydrogens (tertiary/aromatic N) is 2. The summed E-state index contributed by atoms with van der Waals surface area (Å²) in [6.45, 7) is 2.08. The zero-order chi connectivity index (χ0) is 14.4. The largest absolute Gasteiger partial charge is 0.337 e. The minimum atomic E-state index is -0.836. The van der Waals surface area contributed by atoms with Crippen LogP contribution >= 0.6 is 0 Å². The van der Waals surface area contributed by atoms with E-state index in [0.717, 1.165) is 5.56 Å². The molecule has 3 atom stereocenters. The van der Waals surface area contributed by atoms with E-state index in [0.29, 0.717) is 6.54 Å². The van der Waals surface area contributed by atoms with Crippen LogP contribution in [0.5, 0.6) is 0 Å². The number of rotatable bonds is 2. The molecule has 2 aliphatic heterocycles. The van der Waals surface area contributed by atoms with Crippen molar-refractivity contribution in [3.05, 3.63) is 35.9 Å². The molecule has 3 rings (SSSR count). The van der Waals surface area contributed by atoms with E-state index in [1.165, 1.54) is 9.80 Å². The zero-order valence-electron chi connectivity index (χ0n) is 11.4. The highest BCUT2D eigenvalue weighted by Gasteiger charge is 2.61. The van der Waals surface area contributed by atoms with Crippen LogP contribution in [0.25, 0.3) is 0 Å². The highest BCUT2D eigenvalue weighted by molar-refractivity contribution is 6.17. The van der Waals surface area contributed by atoms with Crippen LogP contribution in [0.3, 0.4) is 0 Å². The first-order valence-corrected chi connectivity index (χ1v) is 6.74. The third-order valence-corrected chi connectivity index (χ3v) is 4.27. The average molecular weight is 272 g/mol. The quantitative estimate of drug-likeness (QED) is 0.591. The van der Waals surface area contributed by atoms with Gasteiger partial charge in [0.15, 0.2) is 0 Å². The summed E-state index contributed by atoms with van der Waals surface area (Å²) in [6.07, 6.45) is 0. The summed E-state index contributed by atoms with van der Waals surface area (Å²) < 4.78 is 0. The van der Waals surface area contributed by atoms with Gasteiger partial charge in [-0.15, -0.1) is 0 Å². The van der Waals surface area contributed by atoms with Gasteiger partial charge in [0.05, 0.1) is 12.0 Å². The van der Waals surface area contributed by atoms with Gasteiger partial charge in [-0.05, 0) is 12.5 Å². The van der Waals surface area contributed by atoms with Gasteiger partial charge in [0.2, 0.25) is 17.7 Å². The van der Waals surface area contributed by atoms with E-state index in [9.17, 15) is 14.4 Å². The summed E-state index contributed by atoms with van der Waals surface area (Å²) in [6, 6.07) is 9.07. The molecule has 1 aromatic carbocycles. The SMILES string of the molecule is CCN1C(=O)[C@H]2C(=O)N(C)[C@H](c3ccccc3)[C@H]2C1=O. The number of fused-ring (bicyclic) bond motifs is 1. The topological polar surface area (TPSA) is 57.7 Å². The van der Waals surface area contributed by atoms with E-state index >= 15 is 0 Å². The first-order chi connectivity index (χ1) is 9.57. The van der Waals surface area contributed by atoms with Crippen LogP contribution in [-0.4, -0.2) is 41.1 Å². The fourth-order valence-electron chi connectivity index (χ4n) is 3.32. The average Bonchev–Trinajstić information content (AvgIpc) is 2.86. The Kier molecular flexibility index (Phi) is 2.85. The van der Waals surface area contributed by atoms with Gasteiger partial charge in [-0.2, -0.15) is 0 Å². The van der Waals surface area contributed by atoms with Gasteiger partial charge in [0, 0.05) is 13.6 Å². The molecule has 0 saturated carbocycles. The van der Waals surface area contributed by atoms with Gasteiger partial charge < -0.3 is 4.90 Å². The molecule has 1 aromatic rings. The summed E-state index contributed by atoms with van der Waals surface area (Å²) in [5, 5.41) is 0. The van der Waals surface area contributed by atoms with Crippen molar-refractivity contribution in [3.63, 3.8) is 0 Å². The van der Waals surface area contributed by atoms with Crippen LogP contribution in [0.2, 0.25) is 0 Å². The number of benzene rings is 1. The Balaban J connectivity index is 2.07. The van der Waals surface area contributed by atoms with Crippen molar-refractivity contribution >= 4 is 17.7 Å². The van der Waals surface area contributed by atoms with Crippen LogP contribution in [0.15, 0.2) is 30.3 Å². The summed E-state index contributed by atoms with van der Waals surface area (Å²) in [5.74, 6) is -2.25. The fraction of sp³-hybridized carbons (Fsp3) is 0.400. The predicted molar refractivity (Wildman–Crippen MR) is 71.3 cm³/mol. The maximum Gasteiger partial charge on any atom is 0.242 e. The normalized spacial score (nSPS) is 29.3. The lowest BCUT2D eigenvalue weighted by atomic mass is 9.88. The van der Waals surface area contributed by atoms with Gasteiger partial charge in [0.1, 0.15) is 5.92 Å². The van der Waals surface area contributed by atoms with Crippen LogP contribution in [0, 0.1) is 11.8 Å². The molecular weight excluding hydrogens is 256 g/mol. The second-order valence-corrected chi connectivity index (χ2v) is 5.23. The van der Waals surface area contributed by atoms with E-state index in [2.05, 4.69) is 0 Å². The lowest BCUT2D eigenvalue weighted by molar-refractivity contribution is -0.143. The molecule has 0 N–H and O–H groups in total. The van der Waals surface area contributed by atoms with Crippen LogP contribution < -0.4 is 0 Å². The molecular formula is C15H16N2O3. The highest BCUT2D eigenvalue weighted by atomic mass is 16.2. The van der Waals surface area contributed by atoms with Crippen LogP contribution in [0.1, 0.15) is 18.5 Å². The number of likely N-dealkylation sites (tertiary alicyclic amines) is 2. The van der Waals surface area contributed by atoms with Crippen LogP contribution in [-0.2, 0) is 14.4 Å². The Morgan fingerprint density at radius 3 is 2.25 bits per heavy atom. The highest BCUT2D eigenvalue weighted by Crippen LogP contribution is 2.45. The minimum Gasteiger partial charge on any atom is -0.337 e. The Morgan fingerprint density at radius 1 is 1.00 bits per heavy atom. The van der Waals surface area contributed by atoms with Gasteiger partial charge in [0.25, 0.3) is 0 Å². The van der Waals surface area contributed by atoms with Gasteiger partial charge in [-0.25, -0.2) is 0 Å². The lowest BCUT2D eigenvalue weighted by Gasteiger charge is -2.25. The molecule has 2 fully saturated rings. The first-order valence-electron chi connectivity index (χ1n) is 6.74. The summed E-state index contributed by atoms with van der Waals surface area (Å²) in [5.41, 5.74) is 0.898. The monoisotopic (exact) mass is 272 g/mol. The zero-order valence-corrected chi connectivity index (χ0v) is 11.4. The molecule has 0 aliphatic carbocycles.